The number of aromatic nitrogens is 3. The van der Waals surface area contributed by atoms with E-state index in [0.29, 0.717) is 23.9 Å². The molecule has 7 heteroatoms. The first-order chi connectivity index (χ1) is 13.1. The topological polar surface area (TPSA) is 81.4 Å². The maximum Gasteiger partial charge on any atom is 0.253 e. The Kier molecular flexibility index (Phi) is 4.58. The van der Waals surface area contributed by atoms with Gasteiger partial charge in [0.25, 0.3) is 5.91 Å². The first-order valence-corrected chi connectivity index (χ1v) is 8.83. The van der Waals surface area contributed by atoms with Crippen molar-refractivity contribution in [2.75, 3.05) is 14.2 Å². The van der Waals surface area contributed by atoms with Crippen LogP contribution in [0, 0.1) is 0 Å². The van der Waals surface area contributed by atoms with Crippen LogP contribution in [0.25, 0.3) is 11.3 Å². The molecule has 0 bridgehead atoms. The molecular weight excluding hydrogens is 344 g/mol. The minimum Gasteiger partial charge on any atom is -0.480 e. The predicted molar refractivity (Wildman–Crippen MR) is 98.3 cm³/mol. The van der Waals surface area contributed by atoms with Crippen LogP contribution in [-0.4, -0.2) is 40.3 Å². The number of nitrogens with zero attached hydrogens (tertiary/aromatic N) is 4. The van der Waals surface area contributed by atoms with Crippen LogP contribution in [-0.2, 0) is 6.54 Å². The fourth-order valence-electron chi connectivity index (χ4n) is 2.86. The second-order valence-electron chi connectivity index (χ2n) is 6.69. The molecule has 138 valence electrons. The molecule has 27 heavy (non-hydrogen) atoms. The maximum atomic E-state index is 12.7. The molecule has 7 nitrogen and oxygen atoms in total. The van der Waals surface area contributed by atoms with E-state index in [9.17, 15) is 4.79 Å². The zero-order valence-corrected chi connectivity index (χ0v) is 15.3. The number of hydrogen-bond donors (Lipinski definition) is 0. The van der Waals surface area contributed by atoms with Gasteiger partial charge in [-0.05, 0) is 31.0 Å². The van der Waals surface area contributed by atoms with Crippen LogP contribution in [0.2, 0.25) is 0 Å². The van der Waals surface area contributed by atoms with Crippen LogP contribution in [0.1, 0.15) is 40.6 Å². The monoisotopic (exact) mass is 364 g/mol. The SMILES string of the molecule is COc1ccc(-c2ccc(C(=O)N(C)Cc3cc(C4CC4)on3)cc2)nn1. The number of ether oxygens (including phenoxy) is 1. The molecule has 2 heterocycles. The molecule has 1 aliphatic carbocycles. The summed E-state index contributed by atoms with van der Waals surface area (Å²) >= 11 is 0. The summed E-state index contributed by atoms with van der Waals surface area (Å²) in [5, 5.41) is 12.1. The molecule has 4 rings (SSSR count). The predicted octanol–water partition coefficient (Wildman–Crippen LogP) is 3.29. The zero-order chi connectivity index (χ0) is 18.8. The van der Waals surface area contributed by atoms with E-state index in [1.54, 1.807) is 37.3 Å². The molecule has 1 amide bonds. The fourth-order valence-corrected chi connectivity index (χ4v) is 2.86. The van der Waals surface area contributed by atoms with Crippen molar-refractivity contribution in [3.8, 4) is 17.1 Å². The maximum absolute atomic E-state index is 12.7. The van der Waals surface area contributed by atoms with E-state index in [0.717, 1.165) is 35.6 Å². The highest BCUT2D eigenvalue weighted by molar-refractivity contribution is 5.94. The largest absolute Gasteiger partial charge is 0.480 e. The standard InChI is InChI=1S/C20H20N4O3/c1-24(12-16-11-18(27-23-16)14-5-6-14)20(25)15-7-3-13(4-8-15)17-9-10-19(26-2)22-21-17/h3-4,7-11,14H,5-6,12H2,1-2H3. The Hall–Kier alpha value is -3.22. The summed E-state index contributed by atoms with van der Waals surface area (Å²) in [6.07, 6.45) is 2.32. The number of carbonyl (C=O) groups excluding carboxylic acids is 1. The highest BCUT2D eigenvalue weighted by Crippen LogP contribution is 2.40. The first kappa shape index (κ1) is 17.2. The van der Waals surface area contributed by atoms with Gasteiger partial charge in [-0.25, -0.2) is 0 Å². The molecule has 3 aromatic rings. The minimum atomic E-state index is -0.0710. The molecule has 0 spiro atoms. The molecule has 1 fully saturated rings. The average molecular weight is 364 g/mol. The summed E-state index contributed by atoms with van der Waals surface area (Å²) in [4.78, 5) is 14.3. The Labute approximate surface area is 157 Å². The van der Waals surface area contributed by atoms with Crippen LogP contribution in [0.4, 0.5) is 0 Å². The van der Waals surface area contributed by atoms with Gasteiger partial charge in [-0.1, -0.05) is 17.3 Å². The van der Waals surface area contributed by atoms with Crippen LogP contribution in [0.15, 0.2) is 47.0 Å². The summed E-state index contributed by atoms with van der Waals surface area (Å²) in [7, 11) is 3.31. The number of rotatable bonds is 6. The third-order valence-electron chi connectivity index (χ3n) is 4.58. The van der Waals surface area contributed by atoms with Gasteiger partial charge in [-0.3, -0.25) is 4.79 Å². The van der Waals surface area contributed by atoms with Crippen molar-refractivity contribution in [1.29, 1.82) is 0 Å². The van der Waals surface area contributed by atoms with E-state index in [-0.39, 0.29) is 5.91 Å². The average Bonchev–Trinajstić information content (AvgIpc) is 3.47. The summed E-state index contributed by atoms with van der Waals surface area (Å²) in [5.41, 5.74) is 2.99. The van der Waals surface area contributed by atoms with Gasteiger partial charge >= 0.3 is 0 Å². The Morgan fingerprint density at radius 1 is 1.19 bits per heavy atom. The second kappa shape index (κ2) is 7.19. The van der Waals surface area contributed by atoms with Crippen molar-refractivity contribution in [3.05, 3.63) is 59.5 Å². The van der Waals surface area contributed by atoms with E-state index in [1.807, 2.05) is 24.3 Å². The van der Waals surface area contributed by atoms with Gasteiger partial charge in [0, 0.05) is 36.2 Å². The molecule has 0 unspecified atom stereocenters. The third kappa shape index (κ3) is 3.81. The van der Waals surface area contributed by atoms with Crippen molar-refractivity contribution in [1.82, 2.24) is 20.3 Å². The lowest BCUT2D eigenvalue weighted by Crippen LogP contribution is -2.26. The van der Waals surface area contributed by atoms with Gasteiger partial charge in [0.15, 0.2) is 0 Å². The molecule has 0 N–H and O–H groups in total. The lowest BCUT2D eigenvalue weighted by molar-refractivity contribution is 0.0782. The van der Waals surface area contributed by atoms with Crippen LogP contribution < -0.4 is 4.74 Å². The number of methoxy groups -OCH3 is 1. The molecule has 0 saturated heterocycles. The van der Waals surface area contributed by atoms with Gasteiger partial charge in [-0.2, -0.15) is 0 Å². The Morgan fingerprint density at radius 2 is 1.96 bits per heavy atom. The summed E-state index contributed by atoms with van der Waals surface area (Å²) in [6.45, 7) is 0.417. The third-order valence-corrected chi connectivity index (χ3v) is 4.58. The molecule has 1 saturated carbocycles. The number of benzene rings is 1. The van der Waals surface area contributed by atoms with Crippen molar-refractivity contribution in [3.63, 3.8) is 0 Å². The quantitative estimate of drug-likeness (QED) is 0.668. The van der Waals surface area contributed by atoms with Gasteiger partial charge < -0.3 is 14.2 Å². The Bertz CT molecular complexity index is 931. The molecule has 1 aliphatic rings. The molecule has 0 aliphatic heterocycles. The van der Waals surface area contributed by atoms with E-state index in [2.05, 4.69) is 15.4 Å². The van der Waals surface area contributed by atoms with Crippen LogP contribution in [0.3, 0.4) is 0 Å². The van der Waals surface area contributed by atoms with Crippen LogP contribution >= 0.6 is 0 Å². The lowest BCUT2D eigenvalue weighted by Gasteiger charge is -2.15. The first-order valence-electron chi connectivity index (χ1n) is 8.83. The van der Waals surface area contributed by atoms with Crippen LogP contribution in [0.5, 0.6) is 5.88 Å². The van der Waals surface area contributed by atoms with Crippen molar-refractivity contribution >= 4 is 5.91 Å². The van der Waals surface area contributed by atoms with Gasteiger partial charge in [-0.15, -0.1) is 10.2 Å². The number of amides is 1. The van der Waals surface area contributed by atoms with E-state index >= 15 is 0 Å². The normalized spacial score (nSPS) is 13.4. The van der Waals surface area contributed by atoms with E-state index < -0.39 is 0 Å². The summed E-state index contributed by atoms with van der Waals surface area (Å²) in [5.74, 6) is 1.83. The van der Waals surface area contributed by atoms with Crippen molar-refractivity contribution in [2.24, 2.45) is 0 Å². The zero-order valence-electron chi connectivity index (χ0n) is 15.3. The summed E-state index contributed by atoms with van der Waals surface area (Å²) < 4.78 is 10.4. The number of hydrogen-bond acceptors (Lipinski definition) is 6. The van der Waals surface area contributed by atoms with Gasteiger partial charge in [0.05, 0.1) is 19.3 Å². The molecule has 1 aromatic carbocycles. The highest BCUT2D eigenvalue weighted by Gasteiger charge is 2.28. The molecule has 2 aromatic heterocycles. The highest BCUT2D eigenvalue weighted by atomic mass is 16.5. The smallest absolute Gasteiger partial charge is 0.253 e. The van der Waals surface area contributed by atoms with Crippen molar-refractivity contribution in [2.45, 2.75) is 25.3 Å². The molecule has 0 atom stereocenters. The van der Waals surface area contributed by atoms with Gasteiger partial charge in [0.2, 0.25) is 5.88 Å². The Morgan fingerprint density at radius 3 is 2.59 bits per heavy atom. The fraction of sp³-hybridized carbons (Fsp3) is 0.300. The molecule has 0 radical (unpaired) electrons. The lowest BCUT2D eigenvalue weighted by atomic mass is 10.1. The van der Waals surface area contributed by atoms with E-state index in [4.69, 9.17) is 9.26 Å². The minimum absolute atomic E-state index is 0.0710. The Balaban J connectivity index is 1.42. The van der Waals surface area contributed by atoms with E-state index in [1.165, 1.54) is 0 Å². The molecular formula is C20H20N4O3. The van der Waals surface area contributed by atoms with Crippen molar-refractivity contribution < 1.29 is 14.1 Å². The second-order valence-corrected chi connectivity index (χ2v) is 6.69. The summed E-state index contributed by atoms with van der Waals surface area (Å²) in [6, 6.07) is 12.8. The van der Waals surface area contributed by atoms with Gasteiger partial charge in [0.1, 0.15) is 11.5 Å². The number of carbonyl (C=O) groups is 1.